The van der Waals surface area contributed by atoms with Crippen molar-refractivity contribution in [3.63, 3.8) is 0 Å². The van der Waals surface area contributed by atoms with Crippen molar-refractivity contribution in [2.45, 2.75) is 32.7 Å². The number of hydrogen-bond donors (Lipinski definition) is 1. The van der Waals surface area contributed by atoms with E-state index < -0.39 is 0 Å². The summed E-state index contributed by atoms with van der Waals surface area (Å²) in [6.45, 7) is 4.06. The van der Waals surface area contributed by atoms with Crippen LogP contribution < -0.4 is 0 Å². The zero-order chi connectivity index (χ0) is 14.5. The molecule has 0 spiro atoms. The largest absolute Gasteiger partial charge is 0.332 e. The van der Waals surface area contributed by atoms with Crippen molar-refractivity contribution >= 4 is 5.91 Å². The smallest absolute Gasteiger partial charge is 0.293 e. The molecular weight excluding hydrogens is 252 g/mol. The topological polar surface area (TPSA) is 61.9 Å². The van der Waals surface area contributed by atoms with Gasteiger partial charge in [0.05, 0.1) is 6.04 Å². The predicted octanol–water partition coefficient (Wildman–Crippen LogP) is 2.59. The third kappa shape index (κ3) is 3.04. The molecule has 1 amide bonds. The Morgan fingerprint density at radius 1 is 1.35 bits per heavy atom. The van der Waals surface area contributed by atoms with Gasteiger partial charge in [0.25, 0.3) is 5.91 Å². The standard InChI is InChI=1S/C15H20N4O/c1-4-8-13-16-14(18-17-13)15(20)19(3)11(2)12-9-6-5-7-10-12/h5-7,9-11H,4,8H2,1-3H3,(H,16,17,18). The maximum Gasteiger partial charge on any atom is 0.293 e. The summed E-state index contributed by atoms with van der Waals surface area (Å²) in [5, 5.41) is 6.82. The van der Waals surface area contributed by atoms with Crippen LogP contribution in [0.1, 0.15) is 48.3 Å². The lowest BCUT2D eigenvalue weighted by Crippen LogP contribution is -2.30. The molecule has 5 heteroatoms. The van der Waals surface area contributed by atoms with Crippen LogP contribution in [0.5, 0.6) is 0 Å². The highest BCUT2D eigenvalue weighted by molar-refractivity contribution is 5.90. The van der Waals surface area contributed by atoms with Crippen molar-refractivity contribution in [1.82, 2.24) is 20.1 Å². The SMILES string of the molecule is CCCc1nc(C(=O)N(C)C(C)c2ccccc2)n[nH]1. The van der Waals surface area contributed by atoms with Gasteiger partial charge in [0, 0.05) is 13.5 Å². The van der Waals surface area contributed by atoms with Crippen molar-refractivity contribution in [1.29, 1.82) is 0 Å². The highest BCUT2D eigenvalue weighted by Crippen LogP contribution is 2.19. The van der Waals surface area contributed by atoms with Gasteiger partial charge in [0.2, 0.25) is 5.82 Å². The first-order valence-electron chi connectivity index (χ1n) is 6.86. The Balaban J connectivity index is 2.11. The van der Waals surface area contributed by atoms with Crippen LogP contribution in [0.4, 0.5) is 0 Å². The fraction of sp³-hybridized carbons (Fsp3) is 0.400. The molecule has 2 aromatic rings. The van der Waals surface area contributed by atoms with Gasteiger partial charge in [-0.3, -0.25) is 9.89 Å². The molecule has 1 N–H and O–H groups in total. The first kappa shape index (κ1) is 14.2. The molecule has 0 saturated carbocycles. The number of aromatic nitrogens is 3. The minimum atomic E-state index is -0.167. The second-order valence-electron chi connectivity index (χ2n) is 4.86. The number of benzene rings is 1. The summed E-state index contributed by atoms with van der Waals surface area (Å²) >= 11 is 0. The number of hydrogen-bond acceptors (Lipinski definition) is 3. The van der Waals surface area contributed by atoms with Gasteiger partial charge in [0.15, 0.2) is 0 Å². The molecule has 20 heavy (non-hydrogen) atoms. The van der Waals surface area contributed by atoms with Crippen LogP contribution in [0.2, 0.25) is 0 Å². The molecule has 0 aliphatic heterocycles. The predicted molar refractivity (Wildman–Crippen MR) is 77.3 cm³/mol. The van der Waals surface area contributed by atoms with Crippen molar-refractivity contribution in [3.05, 3.63) is 47.5 Å². The quantitative estimate of drug-likeness (QED) is 0.910. The summed E-state index contributed by atoms with van der Waals surface area (Å²) in [5.41, 5.74) is 1.09. The maximum absolute atomic E-state index is 12.4. The van der Waals surface area contributed by atoms with Gasteiger partial charge < -0.3 is 4.90 Å². The number of carbonyl (C=O) groups excluding carboxylic acids is 1. The Kier molecular flexibility index (Phi) is 4.50. The average molecular weight is 272 g/mol. The minimum absolute atomic E-state index is 0.0168. The highest BCUT2D eigenvalue weighted by Gasteiger charge is 2.22. The normalized spacial score (nSPS) is 12.2. The first-order valence-corrected chi connectivity index (χ1v) is 6.86. The van der Waals surface area contributed by atoms with E-state index >= 15 is 0 Å². The molecule has 1 aromatic heterocycles. The average Bonchev–Trinajstić information content (AvgIpc) is 2.95. The molecule has 0 radical (unpaired) electrons. The van der Waals surface area contributed by atoms with Crippen LogP contribution in [0.15, 0.2) is 30.3 Å². The van der Waals surface area contributed by atoms with Crippen LogP contribution in [-0.4, -0.2) is 33.0 Å². The van der Waals surface area contributed by atoms with E-state index in [1.54, 1.807) is 11.9 Å². The Labute approximate surface area is 119 Å². The summed E-state index contributed by atoms with van der Waals surface area (Å²) < 4.78 is 0. The molecule has 0 saturated heterocycles. The molecule has 0 aliphatic carbocycles. The fourth-order valence-electron chi connectivity index (χ4n) is 2.03. The zero-order valence-electron chi connectivity index (χ0n) is 12.1. The summed E-state index contributed by atoms with van der Waals surface area (Å²) in [5.74, 6) is 0.829. The van der Waals surface area contributed by atoms with Gasteiger partial charge in [-0.05, 0) is 18.9 Å². The Hall–Kier alpha value is -2.17. The minimum Gasteiger partial charge on any atom is -0.332 e. The fourth-order valence-corrected chi connectivity index (χ4v) is 2.03. The molecule has 1 heterocycles. The highest BCUT2D eigenvalue weighted by atomic mass is 16.2. The lowest BCUT2D eigenvalue weighted by Gasteiger charge is -2.24. The van der Waals surface area contributed by atoms with E-state index in [4.69, 9.17) is 0 Å². The molecular formula is C15H20N4O. The van der Waals surface area contributed by atoms with E-state index in [1.807, 2.05) is 37.3 Å². The summed E-state index contributed by atoms with van der Waals surface area (Å²) in [6, 6.07) is 9.90. The lowest BCUT2D eigenvalue weighted by molar-refractivity contribution is 0.0730. The molecule has 106 valence electrons. The van der Waals surface area contributed by atoms with Gasteiger partial charge in [-0.1, -0.05) is 37.3 Å². The second kappa shape index (κ2) is 6.32. The van der Waals surface area contributed by atoms with Gasteiger partial charge in [0.1, 0.15) is 5.82 Å². The summed E-state index contributed by atoms with van der Waals surface area (Å²) in [6.07, 6.45) is 1.78. The number of carbonyl (C=O) groups is 1. The Bertz CT molecular complexity index is 564. The molecule has 0 aliphatic rings. The van der Waals surface area contributed by atoms with E-state index in [1.165, 1.54) is 0 Å². The summed E-state index contributed by atoms with van der Waals surface area (Å²) in [7, 11) is 1.77. The summed E-state index contributed by atoms with van der Waals surface area (Å²) in [4.78, 5) is 18.3. The number of nitrogens with one attached hydrogen (secondary N) is 1. The molecule has 0 bridgehead atoms. The molecule has 1 aromatic carbocycles. The maximum atomic E-state index is 12.4. The second-order valence-corrected chi connectivity index (χ2v) is 4.86. The molecule has 2 rings (SSSR count). The van der Waals surface area contributed by atoms with E-state index in [9.17, 15) is 4.79 Å². The third-order valence-electron chi connectivity index (χ3n) is 3.39. The van der Waals surface area contributed by atoms with E-state index in [-0.39, 0.29) is 17.8 Å². The number of aryl methyl sites for hydroxylation is 1. The van der Waals surface area contributed by atoms with Gasteiger partial charge in [-0.2, -0.15) is 0 Å². The van der Waals surface area contributed by atoms with Gasteiger partial charge in [-0.25, -0.2) is 4.98 Å². The van der Waals surface area contributed by atoms with Gasteiger partial charge >= 0.3 is 0 Å². The Morgan fingerprint density at radius 2 is 2.05 bits per heavy atom. The van der Waals surface area contributed by atoms with Crippen LogP contribution >= 0.6 is 0 Å². The van der Waals surface area contributed by atoms with Crippen LogP contribution in [0.3, 0.4) is 0 Å². The number of nitrogens with zero attached hydrogens (tertiary/aromatic N) is 3. The van der Waals surface area contributed by atoms with Crippen LogP contribution in [-0.2, 0) is 6.42 Å². The number of rotatable bonds is 5. The van der Waals surface area contributed by atoms with Crippen molar-refractivity contribution in [3.8, 4) is 0 Å². The van der Waals surface area contributed by atoms with Crippen molar-refractivity contribution < 1.29 is 4.79 Å². The van der Waals surface area contributed by atoms with E-state index in [0.717, 1.165) is 24.2 Å². The van der Waals surface area contributed by atoms with Gasteiger partial charge in [-0.15, -0.1) is 5.10 Å². The zero-order valence-corrected chi connectivity index (χ0v) is 12.1. The van der Waals surface area contributed by atoms with Crippen LogP contribution in [0, 0.1) is 0 Å². The number of aromatic amines is 1. The van der Waals surface area contributed by atoms with Crippen molar-refractivity contribution in [2.75, 3.05) is 7.05 Å². The molecule has 1 atom stereocenters. The number of H-pyrrole nitrogens is 1. The number of amides is 1. The van der Waals surface area contributed by atoms with E-state index in [0.29, 0.717) is 0 Å². The monoisotopic (exact) mass is 272 g/mol. The lowest BCUT2D eigenvalue weighted by atomic mass is 10.1. The molecule has 1 unspecified atom stereocenters. The first-order chi connectivity index (χ1) is 9.63. The van der Waals surface area contributed by atoms with E-state index in [2.05, 4.69) is 22.1 Å². The molecule has 5 nitrogen and oxygen atoms in total. The molecule has 0 fully saturated rings. The third-order valence-corrected chi connectivity index (χ3v) is 3.39. The Morgan fingerprint density at radius 3 is 2.70 bits per heavy atom. The van der Waals surface area contributed by atoms with Crippen molar-refractivity contribution in [2.24, 2.45) is 0 Å². The van der Waals surface area contributed by atoms with Crippen LogP contribution in [0.25, 0.3) is 0 Å².